The van der Waals surface area contributed by atoms with E-state index in [1.54, 1.807) is 0 Å². The molecule has 2 N–H and O–H groups in total. The zero-order valence-corrected chi connectivity index (χ0v) is 18.3. The van der Waals surface area contributed by atoms with E-state index < -0.39 is 0 Å². The summed E-state index contributed by atoms with van der Waals surface area (Å²) in [6.07, 6.45) is 5.99. The van der Waals surface area contributed by atoms with Gasteiger partial charge in [-0.1, -0.05) is 23.7 Å². The van der Waals surface area contributed by atoms with Crippen LogP contribution >= 0.6 is 11.6 Å². The summed E-state index contributed by atoms with van der Waals surface area (Å²) in [6, 6.07) is 11.5. The Morgan fingerprint density at radius 3 is 2.52 bits per heavy atom. The van der Waals surface area contributed by atoms with Gasteiger partial charge < -0.3 is 10.5 Å². The minimum Gasteiger partial charge on any atom is -0.374 e. The molecule has 1 aromatic carbocycles. The van der Waals surface area contributed by atoms with E-state index in [0.29, 0.717) is 24.5 Å². The maximum Gasteiger partial charge on any atom is 0.0824 e. The van der Waals surface area contributed by atoms with Gasteiger partial charge in [-0.2, -0.15) is 5.10 Å². The Kier molecular flexibility index (Phi) is 6.60. The standard InChI is InChI=1S/C23H33ClN4O/c1-16-11-23(26-27(16)2)18-5-9-20(10-6-18)28-14-22(13-25)29-15-21(28)12-17-3-7-19(24)8-4-17/h3-4,7-8,11,18,20-22H,5-6,9-10,12-15,25H2,1-2H3/t18?,20?,21?,22-/m0/s1. The Bertz CT molecular complexity index is 778. The van der Waals surface area contributed by atoms with Crippen LogP contribution in [0.4, 0.5) is 0 Å². The molecule has 158 valence electrons. The maximum atomic E-state index is 6.06. The average molecular weight is 417 g/mol. The molecule has 6 heteroatoms. The van der Waals surface area contributed by atoms with Crippen molar-refractivity contribution in [3.63, 3.8) is 0 Å². The fourth-order valence-corrected chi connectivity index (χ4v) is 5.06. The number of hydrogen-bond acceptors (Lipinski definition) is 4. The number of ether oxygens (including phenoxy) is 1. The fraction of sp³-hybridized carbons (Fsp3) is 0.609. The van der Waals surface area contributed by atoms with Gasteiger partial charge in [-0.25, -0.2) is 0 Å². The van der Waals surface area contributed by atoms with Crippen molar-refractivity contribution >= 4 is 11.6 Å². The Labute approximate surface area is 179 Å². The second-order valence-corrected chi connectivity index (χ2v) is 9.15. The van der Waals surface area contributed by atoms with E-state index in [2.05, 4.69) is 30.0 Å². The van der Waals surface area contributed by atoms with E-state index in [1.807, 2.05) is 23.9 Å². The SMILES string of the molecule is Cc1cc(C2CCC(N3C[C@H](CN)OCC3Cc3ccc(Cl)cc3)CC2)nn1C. The number of morpholine rings is 1. The lowest BCUT2D eigenvalue weighted by atomic mass is 9.82. The smallest absolute Gasteiger partial charge is 0.0824 e. The third-order valence-electron chi connectivity index (χ3n) is 6.77. The van der Waals surface area contributed by atoms with Crippen LogP contribution in [-0.2, 0) is 18.2 Å². The molecule has 2 atom stereocenters. The van der Waals surface area contributed by atoms with Crippen LogP contribution in [0.2, 0.25) is 5.02 Å². The van der Waals surface area contributed by atoms with Crippen LogP contribution in [0.25, 0.3) is 0 Å². The van der Waals surface area contributed by atoms with Crippen molar-refractivity contribution in [2.24, 2.45) is 12.8 Å². The Morgan fingerprint density at radius 1 is 1.17 bits per heavy atom. The predicted octanol–water partition coefficient (Wildman–Crippen LogP) is 3.68. The Hall–Kier alpha value is -1.40. The van der Waals surface area contributed by atoms with Gasteiger partial charge in [0.1, 0.15) is 0 Å². The number of halogens is 1. The lowest BCUT2D eigenvalue weighted by Gasteiger charge is -2.46. The quantitative estimate of drug-likeness (QED) is 0.807. The molecule has 1 saturated heterocycles. The minimum atomic E-state index is 0.146. The average Bonchev–Trinajstić information content (AvgIpc) is 3.08. The number of aryl methyl sites for hydroxylation is 2. The van der Waals surface area contributed by atoms with Crippen molar-refractivity contribution in [3.05, 3.63) is 52.3 Å². The molecule has 1 aliphatic carbocycles. The first-order valence-electron chi connectivity index (χ1n) is 10.9. The molecule has 1 aromatic heterocycles. The molecule has 1 saturated carbocycles. The van der Waals surface area contributed by atoms with Gasteiger partial charge in [0.15, 0.2) is 0 Å². The summed E-state index contributed by atoms with van der Waals surface area (Å²) in [6.45, 7) is 4.41. The molecule has 0 radical (unpaired) electrons. The summed E-state index contributed by atoms with van der Waals surface area (Å²) in [7, 11) is 2.03. The van der Waals surface area contributed by atoms with Crippen molar-refractivity contribution < 1.29 is 4.74 Å². The summed E-state index contributed by atoms with van der Waals surface area (Å²) in [4.78, 5) is 2.69. The molecule has 2 fully saturated rings. The van der Waals surface area contributed by atoms with Gasteiger partial charge in [0.2, 0.25) is 0 Å². The lowest BCUT2D eigenvalue weighted by molar-refractivity contribution is -0.0803. The molecular formula is C23H33ClN4O. The third-order valence-corrected chi connectivity index (χ3v) is 7.02. The second-order valence-electron chi connectivity index (χ2n) is 8.71. The van der Waals surface area contributed by atoms with E-state index in [4.69, 9.17) is 27.2 Å². The molecule has 0 amide bonds. The summed E-state index contributed by atoms with van der Waals surface area (Å²) >= 11 is 6.06. The zero-order valence-electron chi connectivity index (χ0n) is 17.6. The molecule has 0 spiro atoms. The number of nitrogens with zero attached hydrogens (tertiary/aromatic N) is 3. The summed E-state index contributed by atoms with van der Waals surface area (Å²) < 4.78 is 8.06. The largest absolute Gasteiger partial charge is 0.374 e. The monoisotopic (exact) mass is 416 g/mol. The van der Waals surface area contributed by atoms with E-state index in [0.717, 1.165) is 24.6 Å². The number of nitrogens with two attached hydrogens (primary N) is 1. The van der Waals surface area contributed by atoms with E-state index in [9.17, 15) is 0 Å². The summed E-state index contributed by atoms with van der Waals surface area (Å²) in [5, 5.41) is 5.52. The molecule has 2 aromatic rings. The summed E-state index contributed by atoms with van der Waals surface area (Å²) in [5.74, 6) is 0.590. The Morgan fingerprint density at radius 2 is 1.90 bits per heavy atom. The summed E-state index contributed by atoms with van der Waals surface area (Å²) in [5.41, 5.74) is 9.77. The molecule has 2 heterocycles. The van der Waals surface area contributed by atoms with Gasteiger partial charge in [-0.3, -0.25) is 9.58 Å². The first kappa shape index (κ1) is 20.9. The highest BCUT2D eigenvalue weighted by Gasteiger charge is 2.36. The molecule has 1 unspecified atom stereocenters. The van der Waals surface area contributed by atoms with Crippen LogP contribution in [0, 0.1) is 6.92 Å². The Balaban J connectivity index is 1.42. The maximum absolute atomic E-state index is 6.06. The van der Waals surface area contributed by atoms with Gasteiger partial charge in [-0.05, 0) is 62.8 Å². The van der Waals surface area contributed by atoms with Gasteiger partial charge in [0.25, 0.3) is 0 Å². The third kappa shape index (κ3) is 4.85. The van der Waals surface area contributed by atoms with Crippen LogP contribution in [-0.4, -0.2) is 52.6 Å². The van der Waals surface area contributed by atoms with Gasteiger partial charge in [0, 0.05) is 48.9 Å². The molecular weight excluding hydrogens is 384 g/mol. The van der Waals surface area contributed by atoms with Crippen LogP contribution in [0.3, 0.4) is 0 Å². The van der Waals surface area contributed by atoms with Crippen LogP contribution in [0.1, 0.15) is 48.6 Å². The normalized spacial score (nSPS) is 28.6. The van der Waals surface area contributed by atoms with Crippen LogP contribution in [0.15, 0.2) is 30.3 Å². The second kappa shape index (κ2) is 9.17. The molecule has 1 aliphatic heterocycles. The molecule has 2 aliphatic rings. The highest BCUT2D eigenvalue weighted by molar-refractivity contribution is 6.30. The number of hydrogen-bond donors (Lipinski definition) is 1. The number of aromatic nitrogens is 2. The van der Waals surface area contributed by atoms with Gasteiger partial charge in [0.05, 0.1) is 18.4 Å². The zero-order chi connectivity index (χ0) is 20.4. The topological polar surface area (TPSA) is 56.3 Å². The van der Waals surface area contributed by atoms with Crippen molar-refractivity contribution in [2.45, 2.75) is 63.1 Å². The first-order valence-corrected chi connectivity index (χ1v) is 11.2. The van der Waals surface area contributed by atoms with Crippen molar-refractivity contribution in [2.75, 3.05) is 19.7 Å². The number of benzene rings is 1. The molecule has 0 bridgehead atoms. The molecule has 29 heavy (non-hydrogen) atoms. The highest BCUT2D eigenvalue weighted by Crippen LogP contribution is 2.36. The van der Waals surface area contributed by atoms with Gasteiger partial charge in [-0.15, -0.1) is 0 Å². The van der Waals surface area contributed by atoms with Gasteiger partial charge >= 0.3 is 0 Å². The highest BCUT2D eigenvalue weighted by atomic mass is 35.5. The molecule has 5 nitrogen and oxygen atoms in total. The number of rotatable bonds is 5. The minimum absolute atomic E-state index is 0.146. The predicted molar refractivity (Wildman–Crippen MR) is 117 cm³/mol. The van der Waals surface area contributed by atoms with E-state index >= 15 is 0 Å². The van der Waals surface area contributed by atoms with Crippen LogP contribution < -0.4 is 5.73 Å². The van der Waals surface area contributed by atoms with E-state index in [-0.39, 0.29) is 6.10 Å². The lowest BCUT2D eigenvalue weighted by Crippen LogP contribution is -2.56. The van der Waals surface area contributed by atoms with Crippen molar-refractivity contribution in [3.8, 4) is 0 Å². The van der Waals surface area contributed by atoms with E-state index in [1.165, 1.54) is 42.6 Å². The first-order chi connectivity index (χ1) is 14.0. The molecule has 4 rings (SSSR count). The van der Waals surface area contributed by atoms with Crippen molar-refractivity contribution in [1.82, 2.24) is 14.7 Å². The van der Waals surface area contributed by atoms with Crippen molar-refractivity contribution in [1.29, 1.82) is 0 Å². The van der Waals surface area contributed by atoms with Crippen LogP contribution in [0.5, 0.6) is 0 Å². The fourth-order valence-electron chi connectivity index (χ4n) is 4.93.